The number of hydrogen-bond donors (Lipinski definition) is 3. The van der Waals surface area contributed by atoms with Crippen molar-refractivity contribution in [1.82, 2.24) is 0 Å². The Labute approximate surface area is 120 Å². The molecule has 0 heterocycles. The zero-order chi connectivity index (χ0) is 19.3. The summed E-state index contributed by atoms with van der Waals surface area (Å²) in [6, 6.07) is 0. The summed E-state index contributed by atoms with van der Waals surface area (Å²) < 4.78 is 126. The van der Waals surface area contributed by atoms with Gasteiger partial charge in [-0.2, -0.15) is 43.9 Å². The van der Waals surface area contributed by atoms with Crippen LogP contribution in [0.3, 0.4) is 0 Å². The number of halogens is 10. The second-order valence-electron chi connectivity index (χ2n) is 4.71. The van der Waals surface area contributed by atoms with Crippen LogP contribution < -0.4 is 0 Å². The lowest BCUT2D eigenvalue weighted by molar-refractivity contribution is -0.438. The van der Waals surface area contributed by atoms with Gasteiger partial charge in [0.25, 0.3) is 0 Å². The molecule has 0 bridgehead atoms. The van der Waals surface area contributed by atoms with Gasteiger partial charge in [-0.05, 0) is 6.92 Å². The Balaban J connectivity index is 5.89. The molecule has 0 radical (unpaired) electrons. The van der Waals surface area contributed by atoms with E-state index in [9.17, 15) is 48.7 Å². The minimum absolute atomic E-state index is 0.719. The first-order chi connectivity index (χ1) is 9.63. The van der Waals surface area contributed by atoms with Crippen LogP contribution in [0.2, 0.25) is 0 Å². The van der Waals surface area contributed by atoms with Crippen LogP contribution in [-0.4, -0.2) is 51.3 Å². The van der Waals surface area contributed by atoms with Crippen LogP contribution in [0.25, 0.3) is 0 Å². The van der Waals surface area contributed by atoms with E-state index < -0.39 is 54.7 Å². The molecule has 14 heteroatoms. The van der Waals surface area contributed by atoms with Gasteiger partial charge in [-0.15, -0.1) is 0 Å². The summed E-state index contributed by atoms with van der Waals surface area (Å²) >= 11 is 0. The quantitative estimate of drug-likeness (QED) is 0.511. The summed E-state index contributed by atoms with van der Waals surface area (Å²) in [6.07, 6.45) is -15.8. The van der Waals surface area contributed by atoms with Gasteiger partial charge in [0.15, 0.2) is 5.41 Å². The lowest BCUT2D eigenvalue weighted by Gasteiger charge is -2.36. The van der Waals surface area contributed by atoms with Crippen molar-refractivity contribution in [2.45, 2.75) is 43.5 Å². The first-order valence-electron chi connectivity index (χ1n) is 5.22. The van der Waals surface area contributed by atoms with E-state index in [1.165, 1.54) is 0 Å². The first kappa shape index (κ1) is 21.9. The van der Waals surface area contributed by atoms with Crippen molar-refractivity contribution < 1.29 is 64.0 Å². The number of hydrogen-bond acceptors (Lipinski definition) is 4. The minimum atomic E-state index is -6.48. The highest BCUT2D eigenvalue weighted by molar-refractivity contribution is 5.87. The molecule has 4 nitrogen and oxygen atoms in total. The van der Waals surface area contributed by atoms with E-state index >= 15 is 0 Å². The third-order valence-corrected chi connectivity index (χ3v) is 2.93. The standard InChI is InChI=1S/C9H8F10O4/c1-4(7(14,15)16,8(17,18)19)2-3(20)5(10,11)6(12,13)9(21,22)23/h21-23H,2H2,1H3. The van der Waals surface area contributed by atoms with E-state index in [2.05, 4.69) is 0 Å². The lowest BCUT2D eigenvalue weighted by atomic mass is 9.81. The maximum atomic E-state index is 13.1. The number of ketones is 1. The molecule has 0 amide bonds. The summed E-state index contributed by atoms with van der Waals surface area (Å²) in [4.78, 5) is 10.9. The van der Waals surface area contributed by atoms with Gasteiger partial charge in [0.05, 0.1) is 0 Å². The molecule has 0 aromatic rings. The molecule has 0 spiro atoms. The summed E-state index contributed by atoms with van der Waals surface area (Å²) in [6.45, 7) is -0.719. The van der Waals surface area contributed by atoms with E-state index in [0.717, 1.165) is 0 Å². The maximum Gasteiger partial charge on any atom is 0.403 e. The van der Waals surface area contributed by atoms with Crippen molar-refractivity contribution in [3.05, 3.63) is 0 Å². The number of Topliss-reactive ketones (excluding diaryl/α,β-unsaturated/α-hetero) is 1. The van der Waals surface area contributed by atoms with Gasteiger partial charge in [-0.3, -0.25) is 4.79 Å². The molecule has 0 aliphatic rings. The first-order valence-corrected chi connectivity index (χ1v) is 5.22. The molecule has 138 valence electrons. The largest absolute Gasteiger partial charge is 0.403 e. The van der Waals surface area contributed by atoms with Crippen molar-refractivity contribution in [1.29, 1.82) is 0 Å². The Morgan fingerprint density at radius 3 is 1.30 bits per heavy atom. The molecular weight excluding hydrogens is 362 g/mol. The highest BCUT2D eigenvalue weighted by Gasteiger charge is 2.75. The van der Waals surface area contributed by atoms with Gasteiger partial charge in [0, 0.05) is 6.42 Å². The fourth-order valence-electron chi connectivity index (χ4n) is 1.18. The Hall–Kier alpha value is -1.15. The number of rotatable bonds is 5. The number of carbonyl (C=O) groups is 1. The smallest absolute Gasteiger partial charge is 0.339 e. The molecule has 0 saturated carbocycles. The van der Waals surface area contributed by atoms with Crippen LogP contribution in [0.4, 0.5) is 43.9 Å². The molecule has 0 aromatic heterocycles. The second kappa shape index (κ2) is 5.44. The Kier molecular flexibility index (Phi) is 5.17. The summed E-state index contributed by atoms with van der Waals surface area (Å²) in [7, 11) is 0. The van der Waals surface area contributed by atoms with Crippen LogP contribution in [-0.2, 0) is 4.79 Å². The lowest BCUT2D eigenvalue weighted by Crippen LogP contribution is -2.63. The average molecular weight is 370 g/mol. The molecule has 0 aliphatic heterocycles. The molecule has 0 atom stereocenters. The van der Waals surface area contributed by atoms with Gasteiger partial charge < -0.3 is 15.3 Å². The molecule has 0 aromatic carbocycles. The Bertz CT molecular complexity index is 444. The van der Waals surface area contributed by atoms with Crippen LogP contribution >= 0.6 is 0 Å². The highest BCUT2D eigenvalue weighted by atomic mass is 19.4. The zero-order valence-electron chi connectivity index (χ0n) is 10.7. The summed E-state index contributed by atoms with van der Waals surface area (Å²) in [5.41, 5.74) is -5.11. The summed E-state index contributed by atoms with van der Waals surface area (Å²) in [5, 5.41) is 24.1. The SMILES string of the molecule is CC(CC(=O)C(F)(F)C(F)(F)C(O)(O)O)(C(F)(F)F)C(F)(F)F. The molecule has 0 aliphatic carbocycles. The van der Waals surface area contributed by atoms with Gasteiger partial charge in [0.1, 0.15) is 0 Å². The number of alkyl halides is 10. The molecule has 0 fully saturated rings. The van der Waals surface area contributed by atoms with Gasteiger partial charge >= 0.3 is 30.2 Å². The third-order valence-electron chi connectivity index (χ3n) is 2.93. The predicted octanol–water partition coefficient (Wildman–Crippen LogP) is 1.98. The van der Waals surface area contributed by atoms with Crippen LogP contribution in [0.1, 0.15) is 13.3 Å². The molecule has 3 N–H and O–H groups in total. The normalized spacial score (nSPS) is 15.7. The van der Waals surface area contributed by atoms with E-state index in [0.29, 0.717) is 0 Å². The van der Waals surface area contributed by atoms with Crippen molar-refractivity contribution >= 4 is 5.78 Å². The molecule has 0 unspecified atom stereocenters. The van der Waals surface area contributed by atoms with E-state index in [-0.39, 0.29) is 0 Å². The second-order valence-corrected chi connectivity index (χ2v) is 4.71. The molecule has 0 rings (SSSR count). The van der Waals surface area contributed by atoms with E-state index in [1.54, 1.807) is 0 Å². The highest BCUT2D eigenvalue weighted by Crippen LogP contribution is 2.54. The molecule has 0 saturated heterocycles. The zero-order valence-corrected chi connectivity index (χ0v) is 10.7. The molecule has 23 heavy (non-hydrogen) atoms. The van der Waals surface area contributed by atoms with Crippen molar-refractivity contribution in [2.75, 3.05) is 0 Å². The minimum Gasteiger partial charge on any atom is -0.339 e. The molecular formula is C9H8F10O4. The van der Waals surface area contributed by atoms with Gasteiger partial charge in [-0.25, -0.2) is 0 Å². The fraction of sp³-hybridized carbons (Fsp3) is 0.889. The topological polar surface area (TPSA) is 77.8 Å². The monoisotopic (exact) mass is 370 g/mol. The number of aliphatic hydroxyl groups is 3. The van der Waals surface area contributed by atoms with Crippen molar-refractivity contribution in [2.24, 2.45) is 5.41 Å². The fourth-order valence-corrected chi connectivity index (χ4v) is 1.18. The van der Waals surface area contributed by atoms with E-state index in [4.69, 9.17) is 15.3 Å². The Morgan fingerprint density at radius 2 is 1.09 bits per heavy atom. The Morgan fingerprint density at radius 1 is 0.783 bits per heavy atom. The average Bonchev–Trinajstić information content (AvgIpc) is 2.23. The third kappa shape index (κ3) is 3.52. The van der Waals surface area contributed by atoms with Crippen molar-refractivity contribution in [3.8, 4) is 0 Å². The van der Waals surface area contributed by atoms with Gasteiger partial charge in [-0.1, -0.05) is 0 Å². The van der Waals surface area contributed by atoms with Crippen LogP contribution in [0, 0.1) is 5.41 Å². The predicted molar refractivity (Wildman–Crippen MR) is 49.1 cm³/mol. The van der Waals surface area contributed by atoms with Crippen molar-refractivity contribution in [3.63, 3.8) is 0 Å². The van der Waals surface area contributed by atoms with E-state index in [1.807, 2.05) is 0 Å². The number of carbonyl (C=O) groups excluding carboxylic acids is 1. The maximum absolute atomic E-state index is 13.1. The van der Waals surface area contributed by atoms with Crippen LogP contribution in [0.5, 0.6) is 0 Å². The van der Waals surface area contributed by atoms with Gasteiger partial charge in [0.2, 0.25) is 5.78 Å². The van der Waals surface area contributed by atoms with Crippen LogP contribution in [0.15, 0.2) is 0 Å². The summed E-state index contributed by atoms with van der Waals surface area (Å²) in [5.74, 6) is -22.1.